The average Bonchev–Trinajstić information content (AvgIpc) is 2.53. The summed E-state index contributed by atoms with van der Waals surface area (Å²) in [4.78, 5) is 28.0. The van der Waals surface area contributed by atoms with Gasteiger partial charge in [-0.2, -0.15) is 0 Å². The van der Waals surface area contributed by atoms with Crippen LogP contribution in [0.25, 0.3) is 21.1 Å². The summed E-state index contributed by atoms with van der Waals surface area (Å²) in [6.45, 7) is 0. The maximum Gasteiger partial charge on any atom is 0.399 e. The smallest absolute Gasteiger partial charge is 0.399 e. The number of carboxylic acids is 2. The van der Waals surface area contributed by atoms with Gasteiger partial charge < -0.3 is 35.0 Å². The second-order valence-corrected chi connectivity index (χ2v) is 4.27. The maximum atomic E-state index is 11.1. The minimum atomic E-state index is -1.28. The van der Waals surface area contributed by atoms with Crippen molar-refractivity contribution in [2.24, 2.45) is 0 Å². The van der Waals surface area contributed by atoms with Crippen molar-refractivity contribution in [3.05, 3.63) is 57.5 Å². The molecule has 0 bridgehead atoms. The summed E-state index contributed by atoms with van der Waals surface area (Å²) in [6, 6.07) is 8.08. The van der Waals surface area contributed by atoms with E-state index in [1.54, 1.807) is 0 Å². The molecule has 0 unspecified atom stereocenters. The third-order valence-electron chi connectivity index (χ3n) is 3.00. The summed E-state index contributed by atoms with van der Waals surface area (Å²) in [5.74, 6) is -2.56. The van der Waals surface area contributed by atoms with E-state index in [0.717, 1.165) is 0 Å². The maximum absolute atomic E-state index is 11.1. The Morgan fingerprint density at radius 3 is 1.33 bits per heavy atom. The van der Waals surface area contributed by atoms with Crippen LogP contribution in [0.1, 0.15) is 20.7 Å². The first-order chi connectivity index (χ1) is 10.5. The average molecular weight is 367 g/mol. The molecule has 0 aromatic heterocycles. The largest absolute Gasteiger partial charge is 1.00 e. The van der Waals surface area contributed by atoms with E-state index in [2.05, 4.69) is 9.95 Å². The van der Waals surface area contributed by atoms with Crippen LogP contribution in [0, 0.1) is 10.8 Å². The van der Waals surface area contributed by atoms with E-state index in [4.69, 9.17) is 21.0 Å². The molecule has 0 aliphatic rings. The number of hydrogen-bond acceptors (Lipinski definition) is 4. The lowest BCUT2D eigenvalue weighted by Gasteiger charge is -2.02. The van der Waals surface area contributed by atoms with Crippen LogP contribution in [0.3, 0.4) is 0 Å². The van der Waals surface area contributed by atoms with Gasteiger partial charge >= 0.3 is 23.3 Å². The highest BCUT2D eigenvalue weighted by molar-refractivity contribution is 5.98. The minimum absolute atomic E-state index is 0. The second-order valence-electron chi connectivity index (χ2n) is 4.27. The number of rotatable bonds is 3. The third kappa shape index (κ3) is 3.96. The zero-order valence-electron chi connectivity index (χ0n) is 11.7. The Bertz CT molecular complexity index is 814. The molecule has 2 N–H and O–H groups in total. The standard InChI is InChI=1S/C14H6N4O4.2ClH/c15-17-11-3-1-7(5-9(11)13(19)20)8-2-4-12(18-16)10(6-8)14(21)22;;/h1-6H;2*1H. The number of benzene rings is 2. The highest BCUT2D eigenvalue weighted by Gasteiger charge is 2.23. The van der Waals surface area contributed by atoms with Gasteiger partial charge in [0.05, 0.1) is 0 Å². The van der Waals surface area contributed by atoms with Crippen molar-refractivity contribution >= 4 is 23.3 Å². The molecule has 24 heavy (non-hydrogen) atoms. The van der Waals surface area contributed by atoms with E-state index >= 15 is 0 Å². The Hall–Kier alpha value is -3.20. The van der Waals surface area contributed by atoms with Gasteiger partial charge in [0.25, 0.3) is 0 Å². The molecule has 122 valence electrons. The fourth-order valence-electron chi connectivity index (χ4n) is 1.95. The molecular weight excluding hydrogens is 359 g/mol. The molecule has 0 atom stereocenters. The van der Waals surface area contributed by atoms with Crippen molar-refractivity contribution < 1.29 is 44.6 Å². The molecule has 0 radical (unpaired) electrons. The van der Waals surface area contributed by atoms with Crippen molar-refractivity contribution in [1.29, 1.82) is 10.8 Å². The number of nitrogens with zero attached hydrogens (tertiary/aromatic N) is 4. The monoisotopic (exact) mass is 366 g/mol. The van der Waals surface area contributed by atoms with Crippen LogP contribution in [-0.4, -0.2) is 22.2 Å². The topological polar surface area (TPSA) is 131 Å². The molecule has 0 heterocycles. The van der Waals surface area contributed by atoms with E-state index in [9.17, 15) is 9.59 Å². The lowest BCUT2D eigenvalue weighted by atomic mass is 9.99. The molecule has 0 aliphatic heterocycles. The van der Waals surface area contributed by atoms with Gasteiger partial charge in [-0.05, 0) is 35.4 Å². The molecule has 0 saturated carbocycles. The Balaban J connectivity index is 0.00000264. The molecule has 0 spiro atoms. The zero-order valence-corrected chi connectivity index (χ0v) is 13.2. The zero-order chi connectivity index (χ0) is 16.3. The van der Waals surface area contributed by atoms with Gasteiger partial charge in [0.15, 0.2) is 21.1 Å². The van der Waals surface area contributed by atoms with Gasteiger partial charge in [-0.25, -0.2) is 9.59 Å². The van der Waals surface area contributed by atoms with Gasteiger partial charge in [-0.1, -0.05) is 0 Å². The first-order valence-electron chi connectivity index (χ1n) is 5.93. The number of diazo groups is 2. The van der Waals surface area contributed by atoms with Crippen LogP contribution in [0.5, 0.6) is 0 Å². The summed E-state index contributed by atoms with van der Waals surface area (Å²) < 4.78 is 0. The molecule has 2 aromatic carbocycles. The van der Waals surface area contributed by atoms with Crippen LogP contribution in [-0.2, 0) is 0 Å². The lowest BCUT2D eigenvalue weighted by molar-refractivity contribution is -0.001000. The van der Waals surface area contributed by atoms with Crippen LogP contribution in [0.2, 0.25) is 0 Å². The predicted octanol–water partition coefficient (Wildman–Crippen LogP) is -2.27. The van der Waals surface area contributed by atoms with E-state index in [1.807, 2.05) is 0 Å². The van der Waals surface area contributed by atoms with Crippen molar-refractivity contribution in [2.75, 3.05) is 0 Å². The molecule has 0 amide bonds. The van der Waals surface area contributed by atoms with Gasteiger partial charge in [0.2, 0.25) is 10.8 Å². The Kier molecular flexibility index (Phi) is 7.31. The van der Waals surface area contributed by atoms with E-state index in [0.29, 0.717) is 11.1 Å². The molecule has 10 heteroatoms. The normalized spacial score (nSPS) is 8.75. The van der Waals surface area contributed by atoms with E-state index in [-0.39, 0.29) is 47.3 Å². The fourth-order valence-corrected chi connectivity index (χ4v) is 1.95. The summed E-state index contributed by atoms with van der Waals surface area (Å²) in [5.41, 5.74) is 0.141. The molecule has 8 nitrogen and oxygen atoms in total. The summed E-state index contributed by atoms with van der Waals surface area (Å²) in [5, 5.41) is 35.7. The molecule has 2 rings (SSSR count). The van der Waals surface area contributed by atoms with E-state index < -0.39 is 11.9 Å². The van der Waals surface area contributed by atoms with E-state index in [1.165, 1.54) is 36.4 Å². The van der Waals surface area contributed by atoms with Crippen molar-refractivity contribution in [3.63, 3.8) is 0 Å². The molecule has 0 saturated heterocycles. The number of hydrogen-bond donors (Lipinski definition) is 2. The van der Waals surface area contributed by atoms with Crippen molar-refractivity contribution in [1.82, 2.24) is 0 Å². The summed E-state index contributed by atoms with van der Waals surface area (Å²) in [7, 11) is 0. The number of halogens is 2. The molecular formula is C14H8Cl2N4O4. The highest BCUT2D eigenvalue weighted by Crippen LogP contribution is 2.30. The van der Waals surface area contributed by atoms with Crippen LogP contribution in [0.15, 0.2) is 36.4 Å². The van der Waals surface area contributed by atoms with Crippen LogP contribution < -0.4 is 24.8 Å². The SMILES string of the molecule is N#[N+]c1ccc(-c2ccc([N+]#N)c(C(=O)O)c2)cc1C(=O)O.[Cl-].[Cl-]. The first kappa shape index (κ1) is 20.8. The van der Waals surface area contributed by atoms with Crippen LogP contribution in [0.4, 0.5) is 11.4 Å². The van der Waals surface area contributed by atoms with Crippen molar-refractivity contribution in [3.8, 4) is 11.1 Å². The highest BCUT2D eigenvalue weighted by atomic mass is 35.5. The number of aromatic carboxylic acids is 2. The van der Waals surface area contributed by atoms with Gasteiger partial charge in [-0.15, -0.1) is 0 Å². The quantitative estimate of drug-likeness (QED) is 0.588. The predicted molar refractivity (Wildman–Crippen MR) is 75.3 cm³/mol. The Morgan fingerprint density at radius 2 is 1.08 bits per heavy atom. The molecule has 2 aromatic rings. The summed E-state index contributed by atoms with van der Waals surface area (Å²) >= 11 is 0. The lowest BCUT2D eigenvalue weighted by Crippen LogP contribution is -3.00. The van der Waals surface area contributed by atoms with Crippen LogP contribution >= 0.6 is 0 Å². The van der Waals surface area contributed by atoms with Gasteiger partial charge in [-0.3, -0.25) is 0 Å². The summed E-state index contributed by atoms with van der Waals surface area (Å²) in [6.07, 6.45) is 0. The Morgan fingerprint density at radius 1 is 0.750 bits per heavy atom. The number of carboxylic acid groups (broad SMARTS) is 2. The second kappa shape index (κ2) is 8.44. The number of carbonyl (C=O) groups is 2. The fraction of sp³-hybridized carbons (Fsp3) is 0. The Labute approximate surface area is 147 Å². The van der Waals surface area contributed by atoms with Crippen molar-refractivity contribution in [2.45, 2.75) is 0 Å². The van der Waals surface area contributed by atoms with Gasteiger partial charge in [0.1, 0.15) is 0 Å². The first-order valence-corrected chi connectivity index (χ1v) is 5.93. The molecule has 0 fully saturated rings. The minimum Gasteiger partial charge on any atom is -1.00 e. The third-order valence-corrected chi connectivity index (χ3v) is 3.00. The molecule has 0 aliphatic carbocycles. The van der Waals surface area contributed by atoms with Gasteiger partial charge in [0, 0.05) is 12.1 Å².